The second-order valence-corrected chi connectivity index (χ2v) is 5.11. The SMILES string of the molecule is CC(=O)c1ccnc(Sc2nc3ccccc3[nH]2)c1. The van der Waals surface area contributed by atoms with Crippen LogP contribution in [0, 0.1) is 0 Å². The third-order valence-corrected chi connectivity index (χ3v) is 3.53. The molecule has 3 rings (SSSR count). The van der Waals surface area contributed by atoms with E-state index in [-0.39, 0.29) is 5.78 Å². The van der Waals surface area contributed by atoms with E-state index in [2.05, 4.69) is 15.0 Å². The minimum atomic E-state index is 0.0360. The quantitative estimate of drug-likeness (QED) is 0.741. The molecule has 0 atom stereocenters. The molecule has 0 radical (unpaired) electrons. The van der Waals surface area contributed by atoms with Gasteiger partial charge in [0.05, 0.1) is 11.0 Å². The number of nitrogens with zero attached hydrogens (tertiary/aromatic N) is 2. The molecule has 0 bridgehead atoms. The van der Waals surface area contributed by atoms with E-state index in [1.165, 1.54) is 11.8 Å². The first-order chi connectivity index (χ1) is 9.22. The van der Waals surface area contributed by atoms with Crippen molar-refractivity contribution in [3.05, 3.63) is 48.2 Å². The smallest absolute Gasteiger partial charge is 0.172 e. The first-order valence-electron chi connectivity index (χ1n) is 5.82. The molecule has 5 heteroatoms. The molecule has 0 amide bonds. The maximum Gasteiger partial charge on any atom is 0.172 e. The molecule has 1 N–H and O–H groups in total. The number of nitrogens with one attached hydrogen (secondary N) is 1. The summed E-state index contributed by atoms with van der Waals surface area (Å²) in [7, 11) is 0. The molecule has 0 aliphatic carbocycles. The fourth-order valence-electron chi connectivity index (χ4n) is 1.76. The summed E-state index contributed by atoms with van der Waals surface area (Å²) in [5, 5.41) is 1.53. The van der Waals surface area contributed by atoms with Gasteiger partial charge in [0.25, 0.3) is 0 Å². The number of aromatic nitrogens is 3. The Bertz CT molecular complexity index is 718. The zero-order chi connectivity index (χ0) is 13.2. The van der Waals surface area contributed by atoms with Gasteiger partial charge in [-0.25, -0.2) is 9.97 Å². The molecule has 1 aromatic carbocycles. The fourth-order valence-corrected chi connectivity index (χ4v) is 2.56. The van der Waals surface area contributed by atoms with E-state index in [1.807, 2.05) is 24.3 Å². The van der Waals surface area contributed by atoms with Gasteiger partial charge < -0.3 is 4.98 Å². The van der Waals surface area contributed by atoms with Gasteiger partial charge in [-0.2, -0.15) is 0 Å². The minimum Gasteiger partial charge on any atom is -0.333 e. The summed E-state index contributed by atoms with van der Waals surface area (Å²) in [6.07, 6.45) is 1.64. The summed E-state index contributed by atoms with van der Waals surface area (Å²) >= 11 is 1.41. The van der Waals surface area contributed by atoms with Crippen molar-refractivity contribution in [1.29, 1.82) is 0 Å². The number of H-pyrrole nitrogens is 1. The molecule has 0 fully saturated rings. The van der Waals surface area contributed by atoms with E-state index in [0.29, 0.717) is 5.56 Å². The Morgan fingerprint density at radius 1 is 1.26 bits per heavy atom. The van der Waals surface area contributed by atoms with Gasteiger partial charge in [0, 0.05) is 11.8 Å². The molecule has 0 aliphatic heterocycles. The number of Topliss-reactive ketones (excluding diaryl/α,β-unsaturated/α-hetero) is 1. The van der Waals surface area contributed by atoms with Gasteiger partial charge in [-0.05, 0) is 43.0 Å². The van der Waals surface area contributed by atoms with Crippen molar-refractivity contribution in [1.82, 2.24) is 15.0 Å². The molecule has 94 valence electrons. The number of carbonyl (C=O) groups is 1. The number of carbonyl (C=O) groups excluding carboxylic acids is 1. The van der Waals surface area contributed by atoms with Crippen molar-refractivity contribution in [2.75, 3.05) is 0 Å². The lowest BCUT2D eigenvalue weighted by Gasteiger charge is -1.99. The molecule has 19 heavy (non-hydrogen) atoms. The molecular formula is C14H11N3OS. The third-order valence-electron chi connectivity index (χ3n) is 2.71. The predicted molar refractivity (Wildman–Crippen MR) is 74.5 cm³/mol. The van der Waals surface area contributed by atoms with Crippen molar-refractivity contribution in [2.24, 2.45) is 0 Å². The second kappa shape index (κ2) is 4.85. The third kappa shape index (κ3) is 2.51. The van der Waals surface area contributed by atoms with Crippen molar-refractivity contribution < 1.29 is 4.79 Å². The Kier molecular flexibility index (Phi) is 3.05. The van der Waals surface area contributed by atoms with E-state index in [4.69, 9.17) is 0 Å². The van der Waals surface area contributed by atoms with Crippen LogP contribution < -0.4 is 0 Å². The highest BCUT2D eigenvalue weighted by Gasteiger charge is 2.07. The number of hydrogen-bond acceptors (Lipinski definition) is 4. The number of rotatable bonds is 3. The molecule has 0 unspecified atom stereocenters. The lowest BCUT2D eigenvalue weighted by atomic mass is 10.2. The van der Waals surface area contributed by atoms with Gasteiger partial charge in [-0.3, -0.25) is 4.79 Å². The lowest BCUT2D eigenvalue weighted by Crippen LogP contribution is -1.93. The van der Waals surface area contributed by atoms with Gasteiger partial charge in [-0.15, -0.1) is 0 Å². The summed E-state index contributed by atoms with van der Waals surface area (Å²) < 4.78 is 0. The highest BCUT2D eigenvalue weighted by Crippen LogP contribution is 2.26. The number of ketones is 1. The van der Waals surface area contributed by atoms with Gasteiger partial charge in [0.1, 0.15) is 5.03 Å². The molecule has 3 aromatic rings. The summed E-state index contributed by atoms with van der Waals surface area (Å²) in [4.78, 5) is 23.3. The Morgan fingerprint density at radius 3 is 2.89 bits per heavy atom. The number of para-hydroxylation sites is 2. The van der Waals surface area contributed by atoms with Crippen LogP contribution in [-0.2, 0) is 0 Å². The maximum absolute atomic E-state index is 11.3. The lowest BCUT2D eigenvalue weighted by molar-refractivity contribution is 0.101. The highest BCUT2D eigenvalue weighted by molar-refractivity contribution is 7.99. The van der Waals surface area contributed by atoms with Crippen LogP contribution >= 0.6 is 11.8 Å². The van der Waals surface area contributed by atoms with Gasteiger partial charge in [-0.1, -0.05) is 12.1 Å². The second-order valence-electron chi connectivity index (χ2n) is 4.10. The number of benzene rings is 1. The maximum atomic E-state index is 11.3. The van der Waals surface area contributed by atoms with Crippen LogP contribution in [0.1, 0.15) is 17.3 Å². The van der Waals surface area contributed by atoms with Crippen LogP contribution in [-0.4, -0.2) is 20.7 Å². The Labute approximate surface area is 114 Å². The normalized spacial score (nSPS) is 10.8. The summed E-state index contributed by atoms with van der Waals surface area (Å²) in [6.45, 7) is 1.55. The largest absolute Gasteiger partial charge is 0.333 e. The van der Waals surface area contributed by atoms with Crippen LogP contribution in [0.5, 0.6) is 0 Å². The Morgan fingerprint density at radius 2 is 2.11 bits per heavy atom. The number of aromatic amines is 1. The number of hydrogen-bond donors (Lipinski definition) is 1. The zero-order valence-corrected chi connectivity index (χ0v) is 11.1. The van der Waals surface area contributed by atoms with Gasteiger partial charge in [0.15, 0.2) is 10.9 Å². The van der Waals surface area contributed by atoms with Gasteiger partial charge >= 0.3 is 0 Å². The average Bonchev–Trinajstić information content (AvgIpc) is 2.81. The van der Waals surface area contributed by atoms with Crippen LogP contribution in [0.3, 0.4) is 0 Å². The monoisotopic (exact) mass is 269 g/mol. The molecule has 0 aliphatic rings. The number of pyridine rings is 1. The first kappa shape index (κ1) is 11.9. The minimum absolute atomic E-state index is 0.0360. The predicted octanol–water partition coefficient (Wildman–Crippen LogP) is 3.31. The Balaban J connectivity index is 1.92. The highest BCUT2D eigenvalue weighted by atomic mass is 32.2. The molecule has 4 nitrogen and oxygen atoms in total. The van der Waals surface area contributed by atoms with Crippen molar-refractivity contribution >= 4 is 28.6 Å². The van der Waals surface area contributed by atoms with Crippen LogP contribution in [0.25, 0.3) is 11.0 Å². The van der Waals surface area contributed by atoms with E-state index < -0.39 is 0 Å². The summed E-state index contributed by atoms with van der Waals surface area (Å²) in [6, 6.07) is 11.3. The van der Waals surface area contributed by atoms with E-state index >= 15 is 0 Å². The molecule has 0 saturated carbocycles. The Hall–Kier alpha value is -2.14. The summed E-state index contributed by atoms with van der Waals surface area (Å²) in [5.74, 6) is 0.0360. The van der Waals surface area contributed by atoms with Gasteiger partial charge in [0.2, 0.25) is 0 Å². The van der Waals surface area contributed by atoms with Crippen LogP contribution in [0.15, 0.2) is 52.8 Å². The van der Waals surface area contributed by atoms with Crippen LogP contribution in [0.2, 0.25) is 0 Å². The average molecular weight is 269 g/mol. The fraction of sp³-hybridized carbons (Fsp3) is 0.0714. The topological polar surface area (TPSA) is 58.6 Å². The van der Waals surface area contributed by atoms with Crippen molar-refractivity contribution in [3.63, 3.8) is 0 Å². The molecule has 2 aromatic heterocycles. The van der Waals surface area contributed by atoms with Crippen LogP contribution in [0.4, 0.5) is 0 Å². The standard InChI is InChI=1S/C14H11N3OS/c1-9(18)10-6-7-15-13(8-10)19-14-16-11-4-2-3-5-12(11)17-14/h2-8H,1H3,(H,16,17). The molecule has 2 heterocycles. The van der Waals surface area contributed by atoms with Crippen molar-refractivity contribution in [3.8, 4) is 0 Å². The van der Waals surface area contributed by atoms with E-state index in [0.717, 1.165) is 21.2 Å². The number of imidazole rings is 1. The van der Waals surface area contributed by atoms with E-state index in [1.54, 1.807) is 25.3 Å². The molecular weight excluding hydrogens is 258 g/mol. The van der Waals surface area contributed by atoms with E-state index in [9.17, 15) is 4.79 Å². The molecule has 0 saturated heterocycles. The summed E-state index contributed by atoms with van der Waals surface area (Å²) in [5.41, 5.74) is 2.58. The van der Waals surface area contributed by atoms with Crippen molar-refractivity contribution in [2.45, 2.75) is 17.1 Å². The first-order valence-corrected chi connectivity index (χ1v) is 6.63. The zero-order valence-electron chi connectivity index (χ0n) is 10.3. The number of fused-ring (bicyclic) bond motifs is 1. The molecule has 0 spiro atoms.